The topological polar surface area (TPSA) is 43.4 Å². The quantitative estimate of drug-likeness (QED) is 0.421. The highest BCUT2D eigenvalue weighted by Gasteiger charge is 2.56. The van der Waals surface area contributed by atoms with Crippen molar-refractivity contribution in [2.24, 2.45) is 11.3 Å². The summed E-state index contributed by atoms with van der Waals surface area (Å²) in [7, 11) is 0. The molecule has 25 heavy (non-hydrogen) atoms. The van der Waals surface area contributed by atoms with E-state index >= 15 is 0 Å². The summed E-state index contributed by atoms with van der Waals surface area (Å²) in [5.41, 5.74) is 0.496. The number of Topliss-reactive ketones (excluding diaryl/α,β-unsaturated/α-hetero) is 1. The van der Waals surface area contributed by atoms with Crippen LogP contribution in [-0.4, -0.2) is 23.8 Å². The predicted octanol–water partition coefficient (Wildman–Crippen LogP) is 4.37. The minimum Gasteiger partial charge on any atom is -0.460 e. The van der Waals surface area contributed by atoms with Gasteiger partial charge < -0.3 is 4.74 Å². The molecule has 0 aromatic heterocycles. The second kappa shape index (κ2) is 7.87. The van der Waals surface area contributed by atoms with Crippen LogP contribution < -0.4 is 0 Å². The third-order valence-electron chi connectivity index (χ3n) is 4.75. The molecule has 4 heteroatoms. The first-order valence-corrected chi connectivity index (χ1v) is 9.85. The SMILES string of the molecule is CSCC1CC(C(=O)OCc2ccccc2)(C(=O)c2ccccc2)C1. The molecule has 0 heterocycles. The Hall–Kier alpha value is -2.07. The lowest BCUT2D eigenvalue weighted by molar-refractivity contribution is -0.161. The average Bonchev–Trinajstić information content (AvgIpc) is 2.63. The smallest absolute Gasteiger partial charge is 0.320 e. The second-order valence-corrected chi connectivity index (χ2v) is 7.48. The summed E-state index contributed by atoms with van der Waals surface area (Å²) >= 11 is 1.75. The normalized spacial score (nSPS) is 22.0. The molecule has 1 fully saturated rings. The molecule has 1 saturated carbocycles. The van der Waals surface area contributed by atoms with Crippen LogP contribution in [0.4, 0.5) is 0 Å². The van der Waals surface area contributed by atoms with E-state index in [1.165, 1.54) is 0 Å². The Morgan fingerprint density at radius 3 is 2.24 bits per heavy atom. The first kappa shape index (κ1) is 17.7. The van der Waals surface area contributed by atoms with E-state index in [2.05, 4.69) is 0 Å². The number of thioether (sulfide) groups is 1. The van der Waals surface area contributed by atoms with Gasteiger partial charge in [0, 0.05) is 5.56 Å². The number of hydrogen-bond donors (Lipinski definition) is 0. The van der Waals surface area contributed by atoms with Gasteiger partial charge in [-0.2, -0.15) is 11.8 Å². The third kappa shape index (κ3) is 3.79. The van der Waals surface area contributed by atoms with Gasteiger partial charge in [0.05, 0.1) is 0 Å². The maximum absolute atomic E-state index is 13.0. The van der Waals surface area contributed by atoms with E-state index in [4.69, 9.17) is 4.74 Å². The van der Waals surface area contributed by atoms with E-state index in [1.807, 2.05) is 54.8 Å². The average molecular weight is 354 g/mol. The molecule has 1 aliphatic rings. The molecule has 3 rings (SSSR count). The third-order valence-corrected chi connectivity index (χ3v) is 5.56. The summed E-state index contributed by atoms with van der Waals surface area (Å²) in [5, 5.41) is 0. The molecule has 0 bridgehead atoms. The van der Waals surface area contributed by atoms with Crippen LogP contribution in [0, 0.1) is 11.3 Å². The summed E-state index contributed by atoms with van der Waals surface area (Å²) in [4.78, 5) is 25.9. The zero-order valence-corrected chi connectivity index (χ0v) is 15.1. The van der Waals surface area contributed by atoms with E-state index in [-0.39, 0.29) is 18.4 Å². The van der Waals surface area contributed by atoms with Gasteiger partial charge in [0.25, 0.3) is 0 Å². The maximum Gasteiger partial charge on any atom is 0.320 e. The molecule has 0 unspecified atom stereocenters. The van der Waals surface area contributed by atoms with Gasteiger partial charge in [0.15, 0.2) is 5.78 Å². The lowest BCUT2D eigenvalue weighted by atomic mass is 9.59. The zero-order chi connectivity index (χ0) is 17.7. The van der Waals surface area contributed by atoms with E-state index in [9.17, 15) is 9.59 Å². The minimum atomic E-state index is -1.02. The number of ketones is 1. The van der Waals surface area contributed by atoms with E-state index in [0.29, 0.717) is 24.3 Å². The van der Waals surface area contributed by atoms with Crippen molar-refractivity contribution in [3.63, 3.8) is 0 Å². The molecular weight excluding hydrogens is 332 g/mol. The number of rotatable bonds is 7. The molecule has 0 atom stereocenters. The van der Waals surface area contributed by atoms with Crippen LogP contribution in [0.15, 0.2) is 60.7 Å². The Kier molecular flexibility index (Phi) is 5.59. The number of carbonyl (C=O) groups is 2. The fraction of sp³-hybridized carbons (Fsp3) is 0.333. The number of carbonyl (C=O) groups excluding carboxylic acids is 2. The largest absolute Gasteiger partial charge is 0.460 e. The number of esters is 1. The van der Waals surface area contributed by atoms with Crippen LogP contribution in [-0.2, 0) is 16.1 Å². The summed E-state index contributed by atoms with van der Waals surface area (Å²) < 4.78 is 5.54. The first-order chi connectivity index (χ1) is 12.2. The Bertz CT molecular complexity index is 721. The second-order valence-electron chi connectivity index (χ2n) is 6.57. The zero-order valence-electron chi connectivity index (χ0n) is 14.3. The van der Waals surface area contributed by atoms with Crippen LogP contribution >= 0.6 is 11.8 Å². The van der Waals surface area contributed by atoms with E-state index in [1.54, 1.807) is 23.9 Å². The standard InChI is InChI=1S/C21H22O3S/c1-25-15-17-12-21(13-17,19(22)18-10-6-3-7-11-18)20(23)24-14-16-8-4-2-5-9-16/h2-11,17H,12-15H2,1H3. The molecule has 3 nitrogen and oxygen atoms in total. The molecule has 0 N–H and O–H groups in total. The molecular formula is C21H22O3S. The van der Waals surface area contributed by atoms with Crippen LogP contribution in [0.25, 0.3) is 0 Å². The Balaban J connectivity index is 1.75. The highest BCUT2D eigenvalue weighted by molar-refractivity contribution is 7.98. The lowest BCUT2D eigenvalue weighted by Crippen LogP contribution is -2.51. The predicted molar refractivity (Wildman–Crippen MR) is 101 cm³/mol. The van der Waals surface area contributed by atoms with E-state index < -0.39 is 5.41 Å². The molecule has 2 aromatic rings. The molecule has 1 aliphatic carbocycles. The number of benzene rings is 2. The fourth-order valence-electron chi connectivity index (χ4n) is 3.45. The summed E-state index contributed by atoms with van der Waals surface area (Å²) in [6, 6.07) is 18.6. The van der Waals surface area contributed by atoms with E-state index in [0.717, 1.165) is 11.3 Å². The highest BCUT2D eigenvalue weighted by atomic mass is 32.2. The summed E-state index contributed by atoms with van der Waals surface area (Å²) in [6.07, 6.45) is 3.21. The van der Waals surface area contributed by atoms with Crippen LogP contribution in [0.5, 0.6) is 0 Å². The van der Waals surface area contributed by atoms with Crippen LogP contribution in [0.3, 0.4) is 0 Å². The van der Waals surface area contributed by atoms with Crippen molar-refractivity contribution in [1.29, 1.82) is 0 Å². The molecule has 0 saturated heterocycles. The van der Waals surface area contributed by atoms with Gasteiger partial charge in [-0.05, 0) is 36.3 Å². The lowest BCUT2D eigenvalue weighted by Gasteiger charge is -2.44. The Labute approximate surface area is 152 Å². The fourth-order valence-corrected chi connectivity index (χ4v) is 4.16. The van der Waals surface area contributed by atoms with Crippen molar-refractivity contribution in [3.8, 4) is 0 Å². The molecule has 2 aromatic carbocycles. The monoisotopic (exact) mass is 354 g/mol. The van der Waals surface area contributed by atoms with Crippen molar-refractivity contribution in [2.75, 3.05) is 12.0 Å². The molecule has 0 aliphatic heterocycles. The van der Waals surface area contributed by atoms with Crippen molar-refractivity contribution in [3.05, 3.63) is 71.8 Å². The van der Waals surface area contributed by atoms with Gasteiger partial charge in [-0.15, -0.1) is 0 Å². The number of ether oxygens (including phenoxy) is 1. The van der Waals surface area contributed by atoms with Crippen molar-refractivity contribution in [2.45, 2.75) is 19.4 Å². The molecule has 0 amide bonds. The van der Waals surface area contributed by atoms with Crippen molar-refractivity contribution < 1.29 is 14.3 Å². The summed E-state index contributed by atoms with van der Waals surface area (Å²) in [6.45, 7) is 0.205. The highest BCUT2D eigenvalue weighted by Crippen LogP contribution is 2.50. The molecule has 130 valence electrons. The van der Waals surface area contributed by atoms with Gasteiger partial charge >= 0.3 is 5.97 Å². The van der Waals surface area contributed by atoms with Gasteiger partial charge in [-0.3, -0.25) is 9.59 Å². The van der Waals surface area contributed by atoms with Crippen LogP contribution in [0.2, 0.25) is 0 Å². The van der Waals surface area contributed by atoms with Gasteiger partial charge in [-0.25, -0.2) is 0 Å². The minimum absolute atomic E-state index is 0.108. The van der Waals surface area contributed by atoms with Crippen molar-refractivity contribution >= 4 is 23.5 Å². The number of hydrogen-bond acceptors (Lipinski definition) is 4. The van der Waals surface area contributed by atoms with Gasteiger partial charge in [-0.1, -0.05) is 60.7 Å². The van der Waals surface area contributed by atoms with Crippen LogP contribution in [0.1, 0.15) is 28.8 Å². The van der Waals surface area contributed by atoms with Gasteiger partial charge in [0.1, 0.15) is 12.0 Å². The molecule has 0 spiro atoms. The van der Waals surface area contributed by atoms with Crippen molar-refractivity contribution in [1.82, 2.24) is 0 Å². The first-order valence-electron chi connectivity index (χ1n) is 8.45. The maximum atomic E-state index is 13.0. The van der Waals surface area contributed by atoms with Gasteiger partial charge in [0.2, 0.25) is 0 Å². The Morgan fingerprint density at radius 2 is 1.64 bits per heavy atom. The Morgan fingerprint density at radius 1 is 1.04 bits per heavy atom. The molecule has 0 radical (unpaired) electrons. The summed E-state index contributed by atoms with van der Waals surface area (Å²) in [5.74, 6) is 0.869.